The molecule has 12 heavy (non-hydrogen) atoms. The van der Waals surface area contributed by atoms with Gasteiger partial charge in [-0.25, -0.2) is 0 Å². The van der Waals surface area contributed by atoms with Crippen LogP contribution in [-0.2, 0) is 0 Å². The molecule has 64 valence electrons. The number of aliphatic hydroxyl groups is 1. The second-order valence-electron chi connectivity index (χ2n) is 2.94. The van der Waals surface area contributed by atoms with Crippen LogP contribution in [0.4, 0.5) is 0 Å². The van der Waals surface area contributed by atoms with Crippen molar-refractivity contribution in [3.8, 4) is 0 Å². The summed E-state index contributed by atoms with van der Waals surface area (Å²) >= 11 is 0. The summed E-state index contributed by atoms with van der Waals surface area (Å²) in [5.74, 6) is 0. The van der Waals surface area contributed by atoms with Crippen molar-refractivity contribution in [2.75, 3.05) is 6.61 Å². The van der Waals surface area contributed by atoms with Gasteiger partial charge in [0.2, 0.25) is 0 Å². The minimum Gasteiger partial charge on any atom is -0.392 e. The van der Waals surface area contributed by atoms with Crippen LogP contribution in [0.2, 0.25) is 0 Å². The largest absolute Gasteiger partial charge is 0.392 e. The number of hydrogen-bond donors (Lipinski definition) is 1. The maximum Gasteiger partial charge on any atom is 0.0615 e. The molecular weight excluding hydrogens is 148 g/mol. The third-order valence-electron chi connectivity index (χ3n) is 1.84. The van der Waals surface area contributed by atoms with E-state index in [0.717, 1.165) is 0 Å². The summed E-state index contributed by atoms with van der Waals surface area (Å²) < 4.78 is 0. The summed E-state index contributed by atoms with van der Waals surface area (Å²) in [5, 5.41) is 8.60. The Bertz CT molecular complexity index is 287. The molecule has 0 spiro atoms. The fourth-order valence-electron chi connectivity index (χ4n) is 1.12. The SMILES string of the molecule is Cc1ccc(C)c(/C=C/CO)c1. The molecule has 0 aliphatic carbocycles. The van der Waals surface area contributed by atoms with Gasteiger partial charge in [-0.1, -0.05) is 35.9 Å². The van der Waals surface area contributed by atoms with E-state index >= 15 is 0 Å². The van der Waals surface area contributed by atoms with Crippen LogP contribution in [0.25, 0.3) is 6.08 Å². The van der Waals surface area contributed by atoms with Crippen LogP contribution in [0, 0.1) is 13.8 Å². The first-order chi connectivity index (χ1) is 5.74. The van der Waals surface area contributed by atoms with E-state index in [0.29, 0.717) is 0 Å². The van der Waals surface area contributed by atoms with Crippen LogP contribution in [0.5, 0.6) is 0 Å². The molecule has 0 aliphatic rings. The number of aryl methyl sites for hydroxylation is 2. The van der Waals surface area contributed by atoms with Crippen molar-refractivity contribution in [3.63, 3.8) is 0 Å². The zero-order valence-corrected chi connectivity index (χ0v) is 7.54. The molecule has 1 rings (SSSR count). The smallest absolute Gasteiger partial charge is 0.0615 e. The van der Waals surface area contributed by atoms with Gasteiger partial charge in [0.1, 0.15) is 0 Å². The zero-order chi connectivity index (χ0) is 8.97. The van der Waals surface area contributed by atoms with Gasteiger partial charge in [-0.2, -0.15) is 0 Å². The number of benzene rings is 1. The summed E-state index contributed by atoms with van der Waals surface area (Å²) in [6.45, 7) is 4.24. The van der Waals surface area contributed by atoms with Crippen molar-refractivity contribution in [2.45, 2.75) is 13.8 Å². The van der Waals surface area contributed by atoms with E-state index in [2.05, 4.69) is 32.0 Å². The Balaban J connectivity index is 2.97. The van der Waals surface area contributed by atoms with Gasteiger partial charge >= 0.3 is 0 Å². The van der Waals surface area contributed by atoms with Crippen molar-refractivity contribution in [2.24, 2.45) is 0 Å². The minimum atomic E-state index is 0.105. The van der Waals surface area contributed by atoms with Crippen LogP contribution >= 0.6 is 0 Å². The number of hydrogen-bond acceptors (Lipinski definition) is 1. The molecule has 0 saturated carbocycles. The van der Waals surface area contributed by atoms with Crippen LogP contribution < -0.4 is 0 Å². The Labute approximate surface area is 73.4 Å². The first-order valence-corrected chi connectivity index (χ1v) is 4.08. The molecule has 0 radical (unpaired) electrons. The average Bonchev–Trinajstić information content (AvgIpc) is 2.07. The molecule has 1 aromatic rings. The molecule has 1 heteroatoms. The predicted molar refractivity (Wildman–Crippen MR) is 52.0 cm³/mol. The first-order valence-electron chi connectivity index (χ1n) is 4.08. The lowest BCUT2D eigenvalue weighted by Gasteiger charge is -2.00. The maximum atomic E-state index is 8.60. The topological polar surface area (TPSA) is 20.2 Å². The van der Waals surface area contributed by atoms with E-state index in [1.165, 1.54) is 16.7 Å². The normalized spacial score (nSPS) is 10.9. The lowest BCUT2D eigenvalue weighted by Crippen LogP contribution is -1.82. The van der Waals surface area contributed by atoms with Gasteiger partial charge in [0.15, 0.2) is 0 Å². The number of aliphatic hydroxyl groups excluding tert-OH is 1. The summed E-state index contributed by atoms with van der Waals surface area (Å²) in [5.41, 5.74) is 3.67. The van der Waals surface area contributed by atoms with E-state index < -0.39 is 0 Å². The molecule has 1 N–H and O–H groups in total. The van der Waals surface area contributed by atoms with Crippen LogP contribution in [0.3, 0.4) is 0 Å². The van der Waals surface area contributed by atoms with E-state index in [-0.39, 0.29) is 6.61 Å². The summed E-state index contributed by atoms with van der Waals surface area (Å²) in [7, 11) is 0. The molecule has 0 bridgehead atoms. The molecule has 0 unspecified atom stereocenters. The molecule has 0 aliphatic heterocycles. The third-order valence-corrected chi connectivity index (χ3v) is 1.84. The molecule has 0 fully saturated rings. The van der Waals surface area contributed by atoms with Crippen LogP contribution in [-0.4, -0.2) is 11.7 Å². The van der Waals surface area contributed by atoms with E-state index in [9.17, 15) is 0 Å². The Morgan fingerprint density at radius 3 is 2.75 bits per heavy atom. The first kappa shape index (κ1) is 9.01. The van der Waals surface area contributed by atoms with Crippen LogP contribution in [0.15, 0.2) is 24.3 Å². The highest BCUT2D eigenvalue weighted by Gasteiger charge is 1.92. The number of rotatable bonds is 2. The van der Waals surface area contributed by atoms with Crippen molar-refractivity contribution in [1.29, 1.82) is 0 Å². The van der Waals surface area contributed by atoms with Gasteiger partial charge in [0, 0.05) is 0 Å². The Morgan fingerprint density at radius 1 is 1.33 bits per heavy atom. The zero-order valence-electron chi connectivity index (χ0n) is 7.54. The molecular formula is C11H14O. The van der Waals surface area contributed by atoms with Gasteiger partial charge in [-0.15, -0.1) is 0 Å². The highest BCUT2D eigenvalue weighted by atomic mass is 16.2. The second kappa shape index (κ2) is 4.07. The highest BCUT2D eigenvalue weighted by molar-refractivity contribution is 5.54. The monoisotopic (exact) mass is 162 g/mol. The van der Waals surface area contributed by atoms with E-state index in [1.807, 2.05) is 6.08 Å². The Kier molecular flexibility index (Phi) is 3.06. The Morgan fingerprint density at radius 2 is 2.08 bits per heavy atom. The van der Waals surface area contributed by atoms with Gasteiger partial charge in [0.25, 0.3) is 0 Å². The maximum absolute atomic E-state index is 8.60. The summed E-state index contributed by atoms with van der Waals surface area (Å²) in [4.78, 5) is 0. The summed E-state index contributed by atoms with van der Waals surface area (Å²) in [6.07, 6.45) is 3.70. The van der Waals surface area contributed by atoms with Gasteiger partial charge in [0.05, 0.1) is 6.61 Å². The predicted octanol–water partition coefficient (Wildman–Crippen LogP) is 2.31. The van der Waals surface area contributed by atoms with Gasteiger partial charge in [-0.3, -0.25) is 0 Å². The Hall–Kier alpha value is -1.08. The fourth-order valence-corrected chi connectivity index (χ4v) is 1.12. The average molecular weight is 162 g/mol. The van der Waals surface area contributed by atoms with Gasteiger partial charge in [-0.05, 0) is 25.0 Å². The van der Waals surface area contributed by atoms with Crippen molar-refractivity contribution < 1.29 is 5.11 Å². The molecule has 1 nitrogen and oxygen atoms in total. The summed E-state index contributed by atoms with van der Waals surface area (Å²) in [6, 6.07) is 6.29. The van der Waals surface area contributed by atoms with Crippen molar-refractivity contribution in [3.05, 3.63) is 41.0 Å². The van der Waals surface area contributed by atoms with Gasteiger partial charge < -0.3 is 5.11 Å². The third kappa shape index (κ3) is 2.21. The standard InChI is InChI=1S/C11H14O/c1-9-5-6-10(2)11(8-9)4-3-7-12/h3-6,8,12H,7H2,1-2H3/b4-3+. The minimum absolute atomic E-state index is 0.105. The van der Waals surface area contributed by atoms with E-state index in [4.69, 9.17) is 5.11 Å². The lowest BCUT2D eigenvalue weighted by molar-refractivity contribution is 0.343. The second-order valence-corrected chi connectivity index (χ2v) is 2.94. The molecule has 0 amide bonds. The molecule has 1 aromatic carbocycles. The van der Waals surface area contributed by atoms with Crippen molar-refractivity contribution in [1.82, 2.24) is 0 Å². The molecule has 0 saturated heterocycles. The van der Waals surface area contributed by atoms with Crippen LogP contribution in [0.1, 0.15) is 16.7 Å². The molecule has 0 atom stereocenters. The quantitative estimate of drug-likeness (QED) is 0.707. The fraction of sp³-hybridized carbons (Fsp3) is 0.273. The van der Waals surface area contributed by atoms with E-state index in [1.54, 1.807) is 6.08 Å². The highest BCUT2D eigenvalue weighted by Crippen LogP contribution is 2.11. The molecule has 0 aromatic heterocycles. The van der Waals surface area contributed by atoms with Crippen molar-refractivity contribution >= 4 is 6.08 Å². The molecule has 0 heterocycles. The lowest BCUT2D eigenvalue weighted by atomic mass is 10.1.